The molecule has 0 N–H and O–H groups in total. The minimum absolute atomic E-state index is 0.190. The van der Waals surface area contributed by atoms with E-state index in [2.05, 4.69) is 22.9 Å². The maximum Gasteiger partial charge on any atom is 0.269 e. The lowest BCUT2D eigenvalue weighted by Crippen LogP contribution is -2.15. The Morgan fingerprint density at radius 1 is 1.56 bits per heavy atom. The summed E-state index contributed by atoms with van der Waals surface area (Å²) in [6, 6.07) is 6.97. The Morgan fingerprint density at radius 3 is 2.75 bits per heavy atom. The van der Waals surface area contributed by atoms with Gasteiger partial charge < -0.3 is 0 Å². The third-order valence-electron chi connectivity index (χ3n) is 3.41. The highest BCUT2D eigenvalue weighted by Gasteiger charge is 2.46. The predicted octanol–water partition coefficient (Wildman–Crippen LogP) is 3.70. The van der Waals surface area contributed by atoms with Gasteiger partial charge in [-0.15, -0.1) is 0 Å². The number of nitro groups is 1. The first-order valence-electron chi connectivity index (χ1n) is 5.41. The van der Waals surface area contributed by atoms with E-state index >= 15 is 0 Å². The minimum Gasteiger partial charge on any atom is -0.258 e. The first-order chi connectivity index (χ1) is 7.53. The fourth-order valence-corrected chi connectivity index (χ4v) is 2.68. The second kappa shape index (κ2) is 4.17. The summed E-state index contributed by atoms with van der Waals surface area (Å²) in [6.45, 7) is 2.16. The Morgan fingerprint density at radius 2 is 2.25 bits per heavy atom. The van der Waals surface area contributed by atoms with Gasteiger partial charge in [0, 0.05) is 17.0 Å². The highest BCUT2D eigenvalue weighted by molar-refractivity contribution is 9.09. The second-order valence-electron chi connectivity index (χ2n) is 4.58. The van der Waals surface area contributed by atoms with Crippen molar-refractivity contribution in [3.8, 4) is 0 Å². The van der Waals surface area contributed by atoms with Crippen LogP contribution in [0.15, 0.2) is 24.3 Å². The van der Waals surface area contributed by atoms with Crippen molar-refractivity contribution in [3.05, 3.63) is 39.9 Å². The third kappa shape index (κ3) is 2.26. The van der Waals surface area contributed by atoms with Crippen LogP contribution in [0.2, 0.25) is 0 Å². The van der Waals surface area contributed by atoms with Gasteiger partial charge in [0.25, 0.3) is 5.69 Å². The van der Waals surface area contributed by atoms with Crippen LogP contribution in [0, 0.1) is 15.5 Å². The van der Waals surface area contributed by atoms with Crippen LogP contribution in [0.3, 0.4) is 0 Å². The van der Waals surface area contributed by atoms with Crippen molar-refractivity contribution >= 4 is 21.6 Å². The Bertz CT molecular complexity index is 413. The molecule has 1 atom stereocenters. The molecule has 1 fully saturated rings. The largest absolute Gasteiger partial charge is 0.269 e. The first-order valence-corrected chi connectivity index (χ1v) is 6.32. The summed E-state index contributed by atoms with van der Waals surface area (Å²) in [5.41, 5.74) is 1.59. The topological polar surface area (TPSA) is 43.1 Å². The van der Waals surface area contributed by atoms with Gasteiger partial charge in [0.1, 0.15) is 0 Å². The highest BCUT2D eigenvalue weighted by atomic mass is 79.9. The Balaban J connectivity index is 2.16. The molecular formula is C12H14BrNO2. The molecule has 0 aromatic heterocycles. The number of hydrogen-bond donors (Lipinski definition) is 0. The monoisotopic (exact) mass is 283 g/mol. The number of hydrogen-bond acceptors (Lipinski definition) is 2. The van der Waals surface area contributed by atoms with Gasteiger partial charge in [-0.2, -0.15) is 0 Å². The summed E-state index contributed by atoms with van der Waals surface area (Å²) in [5, 5.41) is 10.7. The van der Waals surface area contributed by atoms with Crippen molar-refractivity contribution in [3.63, 3.8) is 0 Å². The van der Waals surface area contributed by atoms with Gasteiger partial charge in [0.15, 0.2) is 0 Å². The molecular weight excluding hydrogens is 270 g/mol. The van der Waals surface area contributed by atoms with Crippen LogP contribution in [0.1, 0.15) is 25.3 Å². The zero-order valence-corrected chi connectivity index (χ0v) is 10.7. The van der Waals surface area contributed by atoms with Crippen molar-refractivity contribution in [1.82, 2.24) is 0 Å². The van der Waals surface area contributed by atoms with Gasteiger partial charge >= 0.3 is 0 Å². The maximum atomic E-state index is 10.7. The number of nitro benzene ring substituents is 1. The minimum atomic E-state index is -0.333. The zero-order valence-electron chi connectivity index (χ0n) is 9.15. The average Bonchev–Trinajstić information content (AvgIpc) is 2.99. The molecule has 2 rings (SSSR count). The molecule has 0 bridgehead atoms. The van der Waals surface area contributed by atoms with E-state index in [0.717, 1.165) is 12.0 Å². The number of nitrogens with zero attached hydrogens (tertiary/aromatic N) is 1. The number of rotatable bonds is 4. The van der Waals surface area contributed by atoms with Crippen LogP contribution < -0.4 is 0 Å². The highest BCUT2D eigenvalue weighted by Crippen LogP contribution is 2.53. The van der Waals surface area contributed by atoms with E-state index in [0.29, 0.717) is 10.2 Å². The summed E-state index contributed by atoms with van der Waals surface area (Å²) in [7, 11) is 0. The Hall–Kier alpha value is -0.900. The molecule has 1 aliphatic carbocycles. The summed E-state index contributed by atoms with van der Waals surface area (Å²) in [4.78, 5) is 10.8. The molecule has 0 radical (unpaired) electrons. The van der Waals surface area contributed by atoms with Gasteiger partial charge in [-0.25, -0.2) is 0 Å². The molecule has 0 spiro atoms. The average molecular weight is 284 g/mol. The standard InChI is InChI=1S/C12H14BrNO2/c1-9(13)12(5-6-12)8-10-3-2-4-11(7-10)14(15)16/h2-4,7,9H,5-6,8H2,1H3. The summed E-state index contributed by atoms with van der Waals surface area (Å²) in [5.74, 6) is 0. The number of halogens is 1. The maximum absolute atomic E-state index is 10.7. The molecule has 4 heteroatoms. The van der Waals surface area contributed by atoms with Crippen molar-refractivity contribution in [2.24, 2.45) is 5.41 Å². The molecule has 1 aromatic carbocycles. The smallest absolute Gasteiger partial charge is 0.258 e. The van der Waals surface area contributed by atoms with Crippen molar-refractivity contribution < 1.29 is 4.92 Å². The fourth-order valence-electron chi connectivity index (χ4n) is 2.06. The lowest BCUT2D eigenvalue weighted by atomic mass is 9.94. The van der Waals surface area contributed by atoms with Gasteiger partial charge in [0.05, 0.1) is 4.92 Å². The molecule has 1 saturated carbocycles. The second-order valence-corrected chi connectivity index (χ2v) is 5.96. The number of benzene rings is 1. The first kappa shape index (κ1) is 11.6. The van der Waals surface area contributed by atoms with E-state index in [-0.39, 0.29) is 10.6 Å². The SMILES string of the molecule is CC(Br)C1(Cc2cccc([N+](=O)[O-])c2)CC1. The van der Waals surface area contributed by atoms with Crippen LogP contribution in [0.5, 0.6) is 0 Å². The van der Waals surface area contributed by atoms with Crippen LogP contribution in [-0.2, 0) is 6.42 Å². The van der Waals surface area contributed by atoms with Gasteiger partial charge in [-0.1, -0.05) is 35.0 Å². The van der Waals surface area contributed by atoms with E-state index in [9.17, 15) is 10.1 Å². The van der Waals surface area contributed by atoms with Crippen molar-refractivity contribution in [2.45, 2.75) is 31.0 Å². The lowest BCUT2D eigenvalue weighted by Gasteiger charge is -2.17. The van der Waals surface area contributed by atoms with Crippen LogP contribution >= 0.6 is 15.9 Å². The fraction of sp³-hybridized carbons (Fsp3) is 0.500. The third-order valence-corrected chi connectivity index (χ3v) is 4.38. The van der Waals surface area contributed by atoms with Crippen molar-refractivity contribution in [2.75, 3.05) is 0 Å². The van der Waals surface area contributed by atoms with Gasteiger partial charge in [0.2, 0.25) is 0 Å². The molecule has 3 nitrogen and oxygen atoms in total. The molecule has 86 valence electrons. The van der Waals surface area contributed by atoms with E-state index in [1.165, 1.54) is 12.8 Å². The molecule has 0 heterocycles. The molecule has 1 aliphatic rings. The normalized spacial score (nSPS) is 19.1. The van der Waals surface area contributed by atoms with Gasteiger partial charge in [-0.3, -0.25) is 10.1 Å². The zero-order chi connectivity index (χ0) is 11.8. The molecule has 0 saturated heterocycles. The Kier molecular flexibility index (Phi) is 3.02. The summed E-state index contributed by atoms with van der Waals surface area (Å²) >= 11 is 3.63. The van der Waals surface area contributed by atoms with E-state index < -0.39 is 0 Å². The predicted molar refractivity (Wildman–Crippen MR) is 66.9 cm³/mol. The molecule has 16 heavy (non-hydrogen) atoms. The van der Waals surface area contributed by atoms with E-state index in [1.807, 2.05) is 6.07 Å². The summed E-state index contributed by atoms with van der Waals surface area (Å²) < 4.78 is 0. The molecule has 0 aliphatic heterocycles. The quantitative estimate of drug-likeness (QED) is 0.480. The van der Waals surface area contributed by atoms with E-state index in [4.69, 9.17) is 0 Å². The summed E-state index contributed by atoms with van der Waals surface area (Å²) in [6.07, 6.45) is 3.35. The molecule has 0 amide bonds. The van der Waals surface area contributed by atoms with E-state index in [1.54, 1.807) is 18.2 Å². The van der Waals surface area contributed by atoms with Gasteiger partial charge in [-0.05, 0) is 30.2 Å². The molecule has 1 unspecified atom stereocenters. The van der Waals surface area contributed by atoms with Crippen LogP contribution in [-0.4, -0.2) is 9.75 Å². The lowest BCUT2D eigenvalue weighted by molar-refractivity contribution is -0.384. The number of alkyl halides is 1. The Labute approximate surface area is 103 Å². The number of non-ortho nitro benzene ring substituents is 1. The molecule has 1 aromatic rings. The van der Waals surface area contributed by atoms with Crippen molar-refractivity contribution in [1.29, 1.82) is 0 Å². The van der Waals surface area contributed by atoms with Crippen LogP contribution in [0.25, 0.3) is 0 Å². The van der Waals surface area contributed by atoms with Crippen LogP contribution in [0.4, 0.5) is 5.69 Å².